The average molecular weight is 398 g/mol. The average Bonchev–Trinajstić information content (AvgIpc) is 3.13. The topological polar surface area (TPSA) is 72.4 Å². The minimum Gasteiger partial charge on any atom is -0.446 e. The molecule has 4 aliphatic carbocycles. The summed E-state index contributed by atoms with van der Waals surface area (Å²) in [7, 11) is 0. The van der Waals surface area contributed by atoms with Crippen LogP contribution in [0.25, 0.3) is 0 Å². The molecule has 2 heterocycles. The third-order valence-corrected chi connectivity index (χ3v) is 7.98. The molecule has 3 atom stereocenters. The highest BCUT2D eigenvalue weighted by atomic mass is 16.6. The van der Waals surface area contributed by atoms with Gasteiger partial charge in [0.25, 0.3) is 0 Å². The van der Waals surface area contributed by atoms with E-state index in [9.17, 15) is 9.59 Å². The van der Waals surface area contributed by atoms with E-state index in [-0.39, 0.29) is 23.5 Å². The van der Waals surface area contributed by atoms with Crippen LogP contribution < -0.4 is 0 Å². The van der Waals surface area contributed by atoms with E-state index in [1.165, 1.54) is 0 Å². The van der Waals surface area contributed by atoms with Crippen LogP contribution in [0.3, 0.4) is 0 Å². The Morgan fingerprint density at radius 2 is 1.76 bits per heavy atom. The van der Waals surface area contributed by atoms with Gasteiger partial charge in [-0.25, -0.2) is 14.8 Å². The van der Waals surface area contributed by atoms with Crippen LogP contribution in [-0.4, -0.2) is 45.9 Å². The first-order valence-corrected chi connectivity index (χ1v) is 11.1. The Balaban J connectivity index is 1.24. The first kappa shape index (κ1) is 19.0. The van der Waals surface area contributed by atoms with Gasteiger partial charge in [0.1, 0.15) is 17.7 Å². The molecule has 156 valence electrons. The molecule has 1 aromatic rings. The highest BCUT2D eigenvalue weighted by Gasteiger charge is 2.58. The fourth-order valence-corrected chi connectivity index (χ4v) is 6.86. The second-order valence-corrected chi connectivity index (χ2v) is 10.1. The molecule has 6 nitrogen and oxygen atoms in total. The number of Topliss-reactive ketones (excluding diaryl/α,β-unsaturated/α-hetero) is 1. The van der Waals surface area contributed by atoms with E-state index < -0.39 is 0 Å². The molecule has 5 aliphatic rings. The SMILES string of the molecule is CC(=O)C12CC3CC(C1)C(OC(=O)N1CCC(c4nc(C)cc(C)n4)C1)C(C3)C2. The summed E-state index contributed by atoms with van der Waals surface area (Å²) in [4.78, 5) is 36.3. The fraction of sp³-hybridized carbons (Fsp3) is 0.739. The molecule has 0 aromatic carbocycles. The molecule has 29 heavy (non-hydrogen) atoms. The Kier molecular flexibility index (Phi) is 4.44. The highest BCUT2D eigenvalue weighted by molar-refractivity contribution is 5.83. The van der Waals surface area contributed by atoms with Crippen LogP contribution in [0, 0.1) is 37.0 Å². The molecule has 6 rings (SSSR count). The lowest BCUT2D eigenvalue weighted by Crippen LogP contribution is -2.57. The van der Waals surface area contributed by atoms with Crippen LogP contribution in [0.1, 0.15) is 68.6 Å². The molecule has 0 radical (unpaired) electrons. The van der Waals surface area contributed by atoms with E-state index in [1.807, 2.05) is 24.8 Å². The van der Waals surface area contributed by atoms with Gasteiger partial charge in [0.2, 0.25) is 0 Å². The number of aromatic nitrogens is 2. The van der Waals surface area contributed by atoms with Gasteiger partial charge < -0.3 is 9.64 Å². The zero-order valence-electron chi connectivity index (χ0n) is 17.7. The number of amides is 1. The summed E-state index contributed by atoms with van der Waals surface area (Å²) in [6, 6.07) is 1.98. The van der Waals surface area contributed by atoms with Gasteiger partial charge in [-0.15, -0.1) is 0 Å². The largest absolute Gasteiger partial charge is 0.446 e. The van der Waals surface area contributed by atoms with Crippen molar-refractivity contribution in [1.29, 1.82) is 0 Å². The van der Waals surface area contributed by atoms with Crippen molar-refractivity contribution < 1.29 is 14.3 Å². The van der Waals surface area contributed by atoms with Gasteiger partial charge in [-0.3, -0.25) is 4.79 Å². The Morgan fingerprint density at radius 1 is 1.10 bits per heavy atom. The second-order valence-electron chi connectivity index (χ2n) is 10.1. The maximum Gasteiger partial charge on any atom is 0.410 e. The van der Waals surface area contributed by atoms with Crippen molar-refractivity contribution in [1.82, 2.24) is 14.9 Å². The second kappa shape index (κ2) is 6.78. The molecule has 5 fully saturated rings. The van der Waals surface area contributed by atoms with E-state index in [2.05, 4.69) is 9.97 Å². The number of carbonyl (C=O) groups is 2. The third-order valence-electron chi connectivity index (χ3n) is 7.98. The highest BCUT2D eigenvalue weighted by Crippen LogP contribution is 2.61. The molecule has 0 N–H and O–H groups in total. The molecule has 4 bridgehead atoms. The number of ketones is 1. The summed E-state index contributed by atoms with van der Waals surface area (Å²) < 4.78 is 6.10. The molecular weight excluding hydrogens is 366 g/mol. The smallest absolute Gasteiger partial charge is 0.410 e. The Hall–Kier alpha value is -1.98. The molecular formula is C23H31N3O3. The third kappa shape index (κ3) is 3.24. The summed E-state index contributed by atoms with van der Waals surface area (Å²) in [6.07, 6.45) is 5.78. The van der Waals surface area contributed by atoms with Crippen molar-refractivity contribution in [2.45, 2.75) is 71.3 Å². The summed E-state index contributed by atoms with van der Waals surface area (Å²) >= 11 is 0. The Bertz CT molecular complexity index is 818. The van der Waals surface area contributed by atoms with Crippen LogP contribution in [0.15, 0.2) is 6.07 Å². The minimum absolute atomic E-state index is 0.0111. The van der Waals surface area contributed by atoms with Gasteiger partial charge in [-0.1, -0.05) is 0 Å². The van der Waals surface area contributed by atoms with Crippen molar-refractivity contribution >= 4 is 11.9 Å². The number of aryl methyl sites for hydroxylation is 2. The normalized spacial score (nSPS) is 37.8. The lowest BCUT2D eigenvalue weighted by atomic mass is 9.47. The van der Waals surface area contributed by atoms with Crippen LogP contribution in [0.2, 0.25) is 0 Å². The summed E-state index contributed by atoms with van der Waals surface area (Å²) in [5, 5.41) is 0. The van der Waals surface area contributed by atoms with E-state index in [0.717, 1.165) is 55.7 Å². The summed E-state index contributed by atoms with van der Waals surface area (Å²) in [6.45, 7) is 7.05. The molecule has 1 saturated heterocycles. The van der Waals surface area contributed by atoms with Gasteiger partial charge in [0.05, 0.1) is 0 Å². The number of likely N-dealkylation sites (tertiary alicyclic amines) is 1. The molecule has 6 heteroatoms. The number of hydrogen-bond donors (Lipinski definition) is 0. The van der Waals surface area contributed by atoms with Crippen molar-refractivity contribution in [2.24, 2.45) is 23.2 Å². The van der Waals surface area contributed by atoms with E-state index in [4.69, 9.17) is 4.74 Å². The van der Waals surface area contributed by atoms with Crippen molar-refractivity contribution in [3.8, 4) is 0 Å². The predicted molar refractivity (Wildman–Crippen MR) is 107 cm³/mol. The predicted octanol–water partition coefficient (Wildman–Crippen LogP) is 3.80. The number of carbonyl (C=O) groups excluding carboxylic acids is 2. The Morgan fingerprint density at radius 3 is 2.38 bits per heavy atom. The maximum absolute atomic E-state index is 13.0. The molecule has 1 amide bonds. The van der Waals surface area contributed by atoms with Crippen molar-refractivity contribution in [2.75, 3.05) is 13.1 Å². The summed E-state index contributed by atoms with van der Waals surface area (Å²) in [5.41, 5.74) is 1.82. The van der Waals surface area contributed by atoms with Crippen molar-refractivity contribution in [3.05, 3.63) is 23.3 Å². The van der Waals surface area contributed by atoms with E-state index >= 15 is 0 Å². The Labute approximate surface area is 172 Å². The van der Waals surface area contributed by atoms with Crippen LogP contribution >= 0.6 is 0 Å². The quantitative estimate of drug-likeness (QED) is 0.776. The van der Waals surface area contributed by atoms with E-state index in [0.29, 0.717) is 36.6 Å². The first-order chi connectivity index (χ1) is 13.8. The lowest BCUT2D eigenvalue weighted by molar-refractivity contribution is -0.160. The van der Waals surface area contributed by atoms with Gasteiger partial charge >= 0.3 is 6.09 Å². The standard InChI is InChI=1S/C23H31N3O3/c1-13-6-14(2)25-21(24-13)17-4-5-26(12-17)22(28)29-20-18-7-16-8-19(20)11-23(9-16,10-18)15(3)27/h6,16-20H,4-5,7-12H2,1-3H3. The molecule has 1 aromatic heterocycles. The number of hydrogen-bond acceptors (Lipinski definition) is 5. The molecule has 4 saturated carbocycles. The van der Waals surface area contributed by atoms with Gasteiger partial charge in [0, 0.05) is 35.8 Å². The molecule has 3 unspecified atom stereocenters. The number of ether oxygens (including phenoxy) is 1. The van der Waals surface area contributed by atoms with Crippen LogP contribution in [0.5, 0.6) is 0 Å². The number of nitrogens with zero attached hydrogens (tertiary/aromatic N) is 3. The monoisotopic (exact) mass is 397 g/mol. The van der Waals surface area contributed by atoms with Gasteiger partial charge in [-0.05, 0) is 83.1 Å². The van der Waals surface area contributed by atoms with Gasteiger partial charge in [0.15, 0.2) is 0 Å². The van der Waals surface area contributed by atoms with E-state index in [1.54, 1.807) is 6.92 Å². The zero-order valence-corrected chi connectivity index (χ0v) is 17.7. The molecule has 1 aliphatic heterocycles. The zero-order chi connectivity index (χ0) is 20.3. The van der Waals surface area contributed by atoms with Crippen LogP contribution in [0.4, 0.5) is 4.79 Å². The lowest BCUT2D eigenvalue weighted by Gasteiger charge is -2.58. The first-order valence-electron chi connectivity index (χ1n) is 11.1. The van der Waals surface area contributed by atoms with Gasteiger partial charge in [-0.2, -0.15) is 0 Å². The van der Waals surface area contributed by atoms with Crippen LogP contribution in [-0.2, 0) is 9.53 Å². The fourth-order valence-electron chi connectivity index (χ4n) is 6.86. The molecule has 0 spiro atoms. The minimum atomic E-state index is -0.189. The maximum atomic E-state index is 13.0. The number of rotatable bonds is 3. The van der Waals surface area contributed by atoms with Crippen molar-refractivity contribution in [3.63, 3.8) is 0 Å². The summed E-state index contributed by atoms with van der Waals surface area (Å²) in [5.74, 6) is 2.73.